The fraction of sp³-hybridized carbons (Fsp3) is 0.625. The fourth-order valence-corrected chi connectivity index (χ4v) is 2.53. The average Bonchev–Trinajstić information content (AvgIpc) is 2.45. The third-order valence-corrected chi connectivity index (χ3v) is 4.04. The molecule has 1 unspecified atom stereocenters. The lowest BCUT2D eigenvalue weighted by Crippen LogP contribution is -2.64. The minimum absolute atomic E-state index is 0.380. The summed E-state index contributed by atoms with van der Waals surface area (Å²) in [5.74, 6) is -0.428. The molecule has 20 heavy (non-hydrogen) atoms. The summed E-state index contributed by atoms with van der Waals surface area (Å²) in [6.45, 7) is 7.00. The van der Waals surface area contributed by atoms with Crippen LogP contribution < -0.4 is 10.2 Å². The molecule has 0 saturated carbocycles. The minimum Gasteiger partial charge on any atom is -0.361 e. The van der Waals surface area contributed by atoms with Gasteiger partial charge in [-0.15, -0.1) is 0 Å². The van der Waals surface area contributed by atoms with Crippen LogP contribution in [-0.4, -0.2) is 39.6 Å². The number of ether oxygens (including phenoxy) is 2. The minimum atomic E-state index is -0.428. The van der Waals surface area contributed by atoms with Gasteiger partial charge in [-0.25, -0.2) is 0 Å². The average molecular weight is 278 g/mol. The van der Waals surface area contributed by atoms with Gasteiger partial charge in [0.25, 0.3) is 0 Å². The number of methoxy groups -OCH3 is 2. The number of nitrogens with one attached hydrogen (secondary N) is 1. The van der Waals surface area contributed by atoms with Gasteiger partial charge >= 0.3 is 0 Å². The number of hydrogen-bond donors (Lipinski definition) is 1. The first-order valence-electron chi connectivity index (χ1n) is 7.32. The largest absolute Gasteiger partial charge is 0.361 e. The molecule has 0 aromatic heterocycles. The maximum atomic E-state index is 5.43. The Kier molecular flexibility index (Phi) is 5.02. The van der Waals surface area contributed by atoms with Crippen molar-refractivity contribution in [2.24, 2.45) is 0 Å². The van der Waals surface area contributed by atoms with E-state index in [9.17, 15) is 0 Å². The molecule has 1 heterocycles. The van der Waals surface area contributed by atoms with Crippen LogP contribution in [0.1, 0.15) is 31.9 Å². The van der Waals surface area contributed by atoms with Crippen molar-refractivity contribution in [3.63, 3.8) is 0 Å². The van der Waals surface area contributed by atoms with E-state index in [2.05, 4.69) is 48.3 Å². The summed E-state index contributed by atoms with van der Waals surface area (Å²) >= 11 is 0. The monoisotopic (exact) mass is 278 g/mol. The molecule has 1 aromatic carbocycles. The van der Waals surface area contributed by atoms with Gasteiger partial charge in [0.1, 0.15) is 0 Å². The van der Waals surface area contributed by atoms with Crippen LogP contribution in [0.5, 0.6) is 0 Å². The van der Waals surface area contributed by atoms with Gasteiger partial charge in [-0.3, -0.25) is 0 Å². The summed E-state index contributed by atoms with van der Waals surface area (Å²) in [5.41, 5.74) is 2.56. The summed E-state index contributed by atoms with van der Waals surface area (Å²) in [5, 5.41) is 3.52. The number of anilines is 1. The van der Waals surface area contributed by atoms with Crippen LogP contribution in [0.25, 0.3) is 0 Å². The SMILES string of the molecule is CCCNC(C)c1cccc(N2CC(OC)(OC)C2)c1. The van der Waals surface area contributed by atoms with E-state index in [1.165, 1.54) is 11.3 Å². The maximum absolute atomic E-state index is 5.43. The van der Waals surface area contributed by atoms with Gasteiger partial charge in [-0.2, -0.15) is 0 Å². The van der Waals surface area contributed by atoms with Crippen LogP contribution in [0.4, 0.5) is 5.69 Å². The van der Waals surface area contributed by atoms with Crippen LogP contribution in [0.15, 0.2) is 24.3 Å². The molecule has 0 amide bonds. The van der Waals surface area contributed by atoms with E-state index < -0.39 is 5.79 Å². The lowest BCUT2D eigenvalue weighted by molar-refractivity contribution is -0.219. The maximum Gasteiger partial charge on any atom is 0.203 e. The molecule has 1 aliphatic rings. The van der Waals surface area contributed by atoms with Crippen LogP contribution in [-0.2, 0) is 9.47 Å². The van der Waals surface area contributed by atoms with E-state index in [4.69, 9.17) is 9.47 Å². The molecule has 0 spiro atoms. The molecule has 1 aliphatic heterocycles. The van der Waals surface area contributed by atoms with Gasteiger partial charge < -0.3 is 19.7 Å². The number of benzene rings is 1. The zero-order valence-electron chi connectivity index (χ0n) is 13.0. The third kappa shape index (κ3) is 3.14. The highest BCUT2D eigenvalue weighted by atomic mass is 16.7. The molecule has 2 rings (SSSR count). The van der Waals surface area contributed by atoms with Gasteiger partial charge in [-0.1, -0.05) is 19.1 Å². The van der Waals surface area contributed by atoms with Gasteiger partial charge in [0.2, 0.25) is 5.79 Å². The molecule has 1 saturated heterocycles. The van der Waals surface area contributed by atoms with Crippen LogP contribution >= 0.6 is 0 Å². The van der Waals surface area contributed by atoms with Crippen molar-refractivity contribution in [1.29, 1.82) is 0 Å². The van der Waals surface area contributed by atoms with Crippen molar-refractivity contribution in [2.75, 3.05) is 38.8 Å². The standard InChI is InChI=1S/C16H26N2O2/c1-5-9-17-13(2)14-7-6-8-15(10-14)18-11-16(12-18,19-3)20-4/h6-8,10,13,17H,5,9,11-12H2,1-4H3. The lowest BCUT2D eigenvalue weighted by atomic mass is 10.0. The van der Waals surface area contributed by atoms with Crippen molar-refractivity contribution in [1.82, 2.24) is 5.32 Å². The smallest absolute Gasteiger partial charge is 0.203 e. The molecule has 1 atom stereocenters. The van der Waals surface area contributed by atoms with Crippen LogP contribution in [0, 0.1) is 0 Å². The Morgan fingerprint density at radius 3 is 2.60 bits per heavy atom. The predicted octanol–water partition coefficient (Wildman–Crippen LogP) is 2.56. The summed E-state index contributed by atoms with van der Waals surface area (Å²) in [7, 11) is 3.40. The first-order valence-corrected chi connectivity index (χ1v) is 7.32. The van der Waals surface area contributed by atoms with Gasteiger partial charge in [-0.05, 0) is 37.6 Å². The first kappa shape index (κ1) is 15.3. The molecule has 0 bridgehead atoms. The molecular weight excluding hydrogens is 252 g/mol. The van der Waals surface area contributed by atoms with Gasteiger partial charge in [0, 0.05) is 25.9 Å². The molecule has 4 nitrogen and oxygen atoms in total. The van der Waals surface area contributed by atoms with Crippen LogP contribution in [0.2, 0.25) is 0 Å². The highest BCUT2D eigenvalue weighted by Gasteiger charge is 2.43. The van der Waals surface area contributed by atoms with Crippen LogP contribution in [0.3, 0.4) is 0 Å². The molecule has 0 radical (unpaired) electrons. The summed E-state index contributed by atoms with van der Waals surface area (Å²) in [6.07, 6.45) is 1.15. The van der Waals surface area contributed by atoms with Crippen molar-refractivity contribution >= 4 is 5.69 Å². The van der Waals surface area contributed by atoms with Crippen molar-refractivity contribution in [3.05, 3.63) is 29.8 Å². The molecule has 0 aliphatic carbocycles. The predicted molar refractivity (Wildman–Crippen MR) is 82.1 cm³/mol. The Morgan fingerprint density at radius 2 is 2.00 bits per heavy atom. The van der Waals surface area contributed by atoms with Crippen molar-refractivity contribution < 1.29 is 9.47 Å². The summed E-state index contributed by atoms with van der Waals surface area (Å²) in [6, 6.07) is 9.07. The lowest BCUT2D eigenvalue weighted by Gasteiger charge is -2.48. The zero-order valence-corrected chi connectivity index (χ0v) is 13.0. The molecule has 112 valence electrons. The van der Waals surface area contributed by atoms with Crippen molar-refractivity contribution in [2.45, 2.75) is 32.1 Å². The van der Waals surface area contributed by atoms with E-state index in [-0.39, 0.29) is 0 Å². The highest BCUT2D eigenvalue weighted by molar-refractivity contribution is 5.52. The highest BCUT2D eigenvalue weighted by Crippen LogP contribution is 2.31. The Hall–Kier alpha value is -1.10. The van der Waals surface area contributed by atoms with E-state index >= 15 is 0 Å². The third-order valence-electron chi connectivity index (χ3n) is 4.04. The Labute approximate surface area is 122 Å². The molecule has 1 N–H and O–H groups in total. The normalized spacial score (nSPS) is 18.7. The Bertz CT molecular complexity index is 424. The quantitative estimate of drug-likeness (QED) is 0.777. The molecule has 1 fully saturated rings. The zero-order chi connectivity index (χ0) is 14.6. The summed E-state index contributed by atoms with van der Waals surface area (Å²) in [4.78, 5) is 2.28. The second-order valence-electron chi connectivity index (χ2n) is 5.45. The second-order valence-corrected chi connectivity index (χ2v) is 5.45. The Morgan fingerprint density at radius 1 is 1.30 bits per heavy atom. The van der Waals surface area contributed by atoms with Crippen molar-refractivity contribution in [3.8, 4) is 0 Å². The number of hydrogen-bond acceptors (Lipinski definition) is 4. The van der Waals surface area contributed by atoms with E-state index in [0.29, 0.717) is 6.04 Å². The first-order chi connectivity index (χ1) is 9.64. The van der Waals surface area contributed by atoms with E-state index in [1.54, 1.807) is 14.2 Å². The van der Waals surface area contributed by atoms with Gasteiger partial charge in [0.15, 0.2) is 0 Å². The topological polar surface area (TPSA) is 33.7 Å². The van der Waals surface area contributed by atoms with E-state index in [0.717, 1.165) is 26.1 Å². The van der Waals surface area contributed by atoms with Gasteiger partial charge in [0.05, 0.1) is 13.1 Å². The molecular formula is C16H26N2O2. The fourth-order valence-electron chi connectivity index (χ4n) is 2.53. The van der Waals surface area contributed by atoms with E-state index in [1.807, 2.05) is 0 Å². The number of nitrogens with zero attached hydrogens (tertiary/aromatic N) is 1. The summed E-state index contributed by atoms with van der Waals surface area (Å²) < 4.78 is 10.9. The number of rotatable bonds is 7. The second kappa shape index (κ2) is 6.57. The molecule has 4 heteroatoms. The molecule has 1 aromatic rings. The Balaban J connectivity index is 2.01.